The van der Waals surface area contributed by atoms with Gasteiger partial charge in [-0.15, -0.1) is 0 Å². The van der Waals surface area contributed by atoms with E-state index in [0.717, 1.165) is 24.6 Å². The second-order valence-corrected chi connectivity index (χ2v) is 8.77. The Balaban J connectivity index is 1.38. The number of aromatic nitrogens is 2. The minimum absolute atomic E-state index is 0.326. The lowest BCUT2D eigenvalue weighted by Gasteiger charge is -2.37. The molecule has 7 nitrogen and oxygen atoms in total. The van der Waals surface area contributed by atoms with Crippen LogP contribution < -0.4 is 16.4 Å². The van der Waals surface area contributed by atoms with E-state index in [1.165, 1.54) is 50.5 Å². The Morgan fingerprint density at radius 2 is 1.81 bits per heavy atom. The quantitative estimate of drug-likeness (QED) is 0.559. The Hall–Kier alpha value is -2.67. The summed E-state index contributed by atoms with van der Waals surface area (Å²) in [6, 6.07) is 9.69. The molecule has 0 bridgehead atoms. The second kappa shape index (κ2) is 9.64. The standard InChI is InChI=1S/C24H34N6O/c1-3-20(4-2)30-13-11-17(12-14-30)16-5-7-19(8-6-16)28-24-26-15-21(22(25)31)23(29-24)27-18-9-10-18/h5-8,15,17-18,20H,3-4,9-14H2,1-2H3,(H2,25,31)(H2,26,27,28,29). The van der Waals surface area contributed by atoms with Gasteiger partial charge in [0.25, 0.3) is 5.91 Å². The van der Waals surface area contributed by atoms with Gasteiger partial charge < -0.3 is 21.3 Å². The zero-order chi connectivity index (χ0) is 21.8. The highest BCUT2D eigenvalue weighted by Crippen LogP contribution is 2.31. The summed E-state index contributed by atoms with van der Waals surface area (Å²) in [6.07, 6.45) is 8.58. The van der Waals surface area contributed by atoms with Gasteiger partial charge in [0.2, 0.25) is 5.95 Å². The number of amides is 1. The minimum atomic E-state index is -0.519. The van der Waals surface area contributed by atoms with Crippen LogP contribution in [-0.4, -0.2) is 45.9 Å². The Kier molecular flexibility index (Phi) is 6.70. The summed E-state index contributed by atoms with van der Waals surface area (Å²) >= 11 is 0. The van der Waals surface area contributed by atoms with Crippen molar-refractivity contribution in [3.63, 3.8) is 0 Å². The van der Waals surface area contributed by atoms with E-state index >= 15 is 0 Å². The summed E-state index contributed by atoms with van der Waals surface area (Å²) < 4.78 is 0. The van der Waals surface area contributed by atoms with Crippen molar-refractivity contribution in [3.05, 3.63) is 41.6 Å². The average Bonchev–Trinajstić information content (AvgIpc) is 3.60. The zero-order valence-corrected chi connectivity index (χ0v) is 18.6. The van der Waals surface area contributed by atoms with Crippen LogP contribution in [-0.2, 0) is 0 Å². The van der Waals surface area contributed by atoms with Gasteiger partial charge in [-0.3, -0.25) is 4.79 Å². The van der Waals surface area contributed by atoms with Gasteiger partial charge in [-0.05, 0) is 75.2 Å². The SMILES string of the molecule is CCC(CC)N1CCC(c2ccc(Nc3ncc(C(N)=O)c(NC4CC4)n3)cc2)CC1. The van der Waals surface area contributed by atoms with Crippen LogP contribution in [0.1, 0.15) is 74.2 Å². The number of anilines is 3. The van der Waals surface area contributed by atoms with Gasteiger partial charge >= 0.3 is 0 Å². The molecule has 4 rings (SSSR count). The number of primary amides is 1. The van der Waals surface area contributed by atoms with Crippen LogP contribution in [0.25, 0.3) is 0 Å². The van der Waals surface area contributed by atoms with E-state index in [0.29, 0.717) is 29.3 Å². The first-order chi connectivity index (χ1) is 15.1. The topological polar surface area (TPSA) is 96.2 Å². The first-order valence-electron chi connectivity index (χ1n) is 11.6. The van der Waals surface area contributed by atoms with Crippen LogP contribution in [0.3, 0.4) is 0 Å². The molecule has 1 aromatic heterocycles. The maximum atomic E-state index is 11.7. The maximum Gasteiger partial charge on any atom is 0.254 e. The van der Waals surface area contributed by atoms with Gasteiger partial charge in [-0.25, -0.2) is 4.98 Å². The predicted molar refractivity (Wildman–Crippen MR) is 125 cm³/mol. The molecule has 31 heavy (non-hydrogen) atoms. The molecule has 1 aromatic carbocycles. The molecule has 4 N–H and O–H groups in total. The third-order valence-electron chi connectivity index (χ3n) is 6.60. The van der Waals surface area contributed by atoms with E-state index in [1.54, 1.807) is 0 Å². The molecule has 0 spiro atoms. The third-order valence-corrected chi connectivity index (χ3v) is 6.60. The lowest BCUT2D eigenvalue weighted by atomic mass is 9.88. The van der Waals surface area contributed by atoms with E-state index in [9.17, 15) is 4.79 Å². The lowest BCUT2D eigenvalue weighted by Crippen LogP contribution is -2.40. The van der Waals surface area contributed by atoms with Crippen LogP contribution >= 0.6 is 0 Å². The van der Waals surface area contributed by atoms with Crippen molar-refractivity contribution in [1.29, 1.82) is 0 Å². The largest absolute Gasteiger partial charge is 0.367 e. The van der Waals surface area contributed by atoms with Crippen LogP contribution in [0.5, 0.6) is 0 Å². The molecule has 2 fully saturated rings. The van der Waals surface area contributed by atoms with E-state index < -0.39 is 5.91 Å². The van der Waals surface area contributed by atoms with E-state index in [-0.39, 0.29) is 0 Å². The number of piperidine rings is 1. The predicted octanol–water partition coefficient (Wildman–Crippen LogP) is 4.26. The summed E-state index contributed by atoms with van der Waals surface area (Å²) in [5.74, 6) is 1.07. The van der Waals surface area contributed by atoms with E-state index in [1.807, 2.05) is 0 Å². The number of carbonyl (C=O) groups is 1. The molecule has 2 aliphatic rings. The highest BCUT2D eigenvalue weighted by molar-refractivity contribution is 5.97. The molecule has 1 aliphatic heterocycles. The highest BCUT2D eigenvalue weighted by Gasteiger charge is 2.25. The van der Waals surface area contributed by atoms with E-state index in [4.69, 9.17) is 5.73 Å². The van der Waals surface area contributed by atoms with Gasteiger partial charge in [0.05, 0.1) is 5.56 Å². The molecule has 1 amide bonds. The lowest BCUT2D eigenvalue weighted by molar-refractivity contribution is 0.100. The molecule has 7 heteroatoms. The molecule has 0 atom stereocenters. The number of nitrogens with zero attached hydrogens (tertiary/aromatic N) is 3. The summed E-state index contributed by atoms with van der Waals surface area (Å²) in [5, 5.41) is 6.52. The Bertz CT molecular complexity index is 883. The Morgan fingerprint density at radius 1 is 1.13 bits per heavy atom. The number of nitrogens with one attached hydrogen (secondary N) is 2. The maximum absolute atomic E-state index is 11.7. The Morgan fingerprint density at radius 3 is 2.39 bits per heavy atom. The van der Waals surface area contributed by atoms with Crippen molar-refractivity contribution in [2.75, 3.05) is 23.7 Å². The molecule has 1 saturated heterocycles. The van der Waals surface area contributed by atoms with Gasteiger partial charge in [0.1, 0.15) is 5.82 Å². The number of likely N-dealkylation sites (tertiary alicyclic amines) is 1. The van der Waals surface area contributed by atoms with Crippen LogP contribution in [0.15, 0.2) is 30.5 Å². The number of hydrogen-bond acceptors (Lipinski definition) is 6. The van der Waals surface area contributed by atoms with Crippen molar-refractivity contribution in [1.82, 2.24) is 14.9 Å². The first-order valence-corrected chi connectivity index (χ1v) is 11.6. The van der Waals surface area contributed by atoms with Crippen LogP contribution in [0.2, 0.25) is 0 Å². The molecular formula is C24H34N6O. The number of hydrogen-bond donors (Lipinski definition) is 3. The molecular weight excluding hydrogens is 388 g/mol. The molecule has 0 unspecified atom stereocenters. The van der Waals surface area contributed by atoms with E-state index in [2.05, 4.69) is 63.6 Å². The molecule has 2 heterocycles. The monoisotopic (exact) mass is 422 g/mol. The number of benzene rings is 1. The van der Waals surface area contributed by atoms with Crippen molar-refractivity contribution in [2.24, 2.45) is 5.73 Å². The van der Waals surface area contributed by atoms with Crippen LogP contribution in [0, 0.1) is 0 Å². The molecule has 166 valence electrons. The molecule has 1 aliphatic carbocycles. The summed E-state index contributed by atoms with van der Waals surface area (Å²) in [4.78, 5) is 23.1. The average molecular weight is 423 g/mol. The van der Waals surface area contributed by atoms with Gasteiger partial charge in [0, 0.05) is 24.0 Å². The zero-order valence-electron chi connectivity index (χ0n) is 18.6. The van der Waals surface area contributed by atoms with Crippen molar-refractivity contribution in [2.45, 2.75) is 70.4 Å². The number of carbonyl (C=O) groups excluding carboxylic acids is 1. The fourth-order valence-electron chi connectivity index (χ4n) is 4.52. The fraction of sp³-hybridized carbons (Fsp3) is 0.542. The summed E-state index contributed by atoms with van der Waals surface area (Å²) in [5.41, 5.74) is 8.12. The Labute approximate surface area is 184 Å². The van der Waals surface area contributed by atoms with Gasteiger partial charge in [-0.2, -0.15) is 4.98 Å². The number of rotatable bonds is 9. The van der Waals surface area contributed by atoms with Crippen molar-refractivity contribution < 1.29 is 4.79 Å². The van der Waals surface area contributed by atoms with Gasteiger partial charge in [-0.1, -0.05) is 26.0 Å². The highest BCUT2D eigenvalue weighted by atomic mass is 16.1. The molecule has 1 saturated carbocycles. The second-order valence-electron chi connectivity index (χ2n) is 8.77. The smallest absolute Gasteiger partial charge is 0.254 e. The first kappa shape index (κ1) is 21.6. The summed E-state index contributed by atoms with van der Waals surface area (Å²) in [6.45, 7) is 6.96. The van der Waals surface area contributed by atoms with Crippen molar-refractivity contribution >= 4 is 23.4 Å². The number of nitrogens with two attached hydrogens (primary N) is 1. The van der Waals surface area contributed by atoms with Crippen molar-refractivity contribution in [3.8, 4) is 0 Å². The minimum Gasteiger partial charge on any atom is -0.367 e. The third kappa shape index (κ3) is 5.34. The molecule has 2 aromatic rings. The van der Waals surface area contributed by atoms with Gasteiger partial charge in [0.15, 0.2) is 0 Å². The summed E-state index contributed by atoms with van der Waals surface area (Å²) in [7, 11) is 0. The molecule has 0 radical (unpaired) electrons. The fourth-order valence-corrected chi connectivity index (χ4v) is 4.52. The van der Waals surface area contributed by atoms with Crippen LogP contribution in [0.4, 0.5) is 17.5 Å². The normalized spacial score (nSPS) is 17.6.